The van der Waals surface area contributed by atoms with Crippen LogP contribution in [0.1, 0.15) is 17.9 Å². The summed E-state index contributed by atoms with van der Waals surface area (Å²) in [7, 11) is 0. The van der Waals surface area contributed by atoms with Crippen molar-refractivity contribution in [3.63, 3.8) is 0 Å². The second-order valence-electron chi connectivity index (χ2n) is 3.62. The average Bonchev–Trinajstić information content (AvgIpc) is 2.80. The van der Waals surface area contributed by atoms with Gasteiger partial charge in [0.15, 0.2) is 0 Å². The van der Waals surface area contributed by atoms with E-state index in [-0.39, 0.29) is 5.92 Å². The molecule has 0 aliphatic heterocycles. The summed E-state index contributed by atoms with van der Waals surface area (Å²) in [6.45, 7) is 0. The van der Waals surface area contributed by atoms with Crippen LogP contribution in [0, 0.1) is 0 Å². The second-order valence-corrected chi connectivity index (χ2v) is 4.48. The van der Waals surface area contributed by atoms with Crippen LogP contribution in [0.15, 0.2) is 28.7 Å². The Morgan fingerprint density at radius 1 is 1.57 bits per heavy atom. The molecule has 0 aromatic heterocycles. The highest BCUT2D eigenvalue weighted by atomic mass is 79.9. The molecule has 1 aromatic rings. The number of carbonyl (C=O) groups is 1. The van der Waals surface area contributed by atoms with Gasteiger partial charge in [-0.05, 0) is 18.1 Å². The third kappa shape index (κ3) is 1.35. The van der Waals surface area contributed by atoms with Crippen LogP contribution in [0.5, 0.6) is 0 Å². The molecule has 3 N–H and O–H groups in total. The fourth-order valence-electron chi connectivity index (χ4n) is 1.66. The van der Waals surface area contributed by atoms with Gasteiger partial charge in [-0.25, -0.2) is 0 Å². The molecule has 1 aliphatic rings. The first kappa shape index (κ1) is 9.68. The number of hydrogen-bond acceptors (Lipinski definition) is 2. The topological polar surface area (TPSA) is 63.3 Å². The standard InChI is InChI=1S/C10H10BrNO2/c11-8-4-2-1-3-6(8)7-5-10(7,12)9(13)14/h1-4,7H,5,12H2,(H,13,14)/t7-,10-/m0/s1. The number of nitrogens with two attached hydrogens (primary N) is 1. The van der Waals surface area contributed by atoms with E-state index in [1.165, 1.54) is 0 Å². The number of halogens is 1. The van der Waals surface area contributed by atoms with Gasteiger partial charge in [0.1, 0.15) is 5.54 Å². The van der Waals surface area contributed by atoms with Gasteiger partial charge in [0.25, 0.3) is 0 Å². The van der Waals surface area contributed by atoms with Crippen molar-refractivity contribution in [1.29, 1.82) is 0 Å². The lowest BCUT2D eigenvalue weighted by atomic mass is 10.1. The van der Waals surface area contributed by atoms with Crippen LogP contribution < -0.4 is 5.73 Å². The van der Waals surface area contributed by atoms with Gasteiger partial charge in [-0.15, -0.1) is 0 Å². The lowest BCUT2D eigenvalue weighted by Gasteiger charge is -2.06. The van der Waals surface area contributed by atoms with E-state index in [0.717, 1.165) is 10.0 Å². The lowest BCUT2D eigenvalue weighted by Crippen LogP contribution is -2.34. The maximum absolute atomic E-state index is 10.8. The summed E-state index contributed by atoms with van der Waals surface area (Å²) in [5.74, 6) is -0.978. The highest BCUT2D eigenvalue weighted by Gasteiger charge is 2.58. The molecule has 1 aromatic carbocycles. The van der Waals surface area contributed by atoms with E-state index in [9.17, 15) is 4.79 Å². The molecule has 0 bridgehead atoms. The van der Waals surface area contributed by atoms with Gasteiger partial charge in [-0.2, -0.15) is 0 Å². The SMILES string of the molecule is N[C@@]1(C(=O)O)C[C@H]1c1ccccc1Br. The molecular formula is C10H10BrNO2. The highest BCUT2D eigenvalue weighted by Crippen LogP contribution is 2.51. The number of aliphatic carboxylic acids is 1. The van der Waals surface area contributed by atoms with E-state index in [1.54, 1.807) is 0 Å². The summed E-state index contributed by atoms with van der Waals surface area (Å²) in [6, 6.07) is 7.60. The summed E-state index contributed by atoms with van der Waals surface area (Å²) in [5.41, 5.74) is 5.65. The molecule has 0 saturated heterocycles. The monoisotopic (exact) mass is 255 g/mol. The third-order valence-corrected chi connectivity index (χ3v) is 3.40. The van der Waals surface area contributed by atoms with Crippen LogP contribution in [0.4, 0.5) is 0 Å². The maximum Gasteiger partial charge on any atom is 0.324 e. The van der Waals surface area contributed by atoms with Crippen molar-refractivity contribution in [2.75, 3.05) is 0 Å². The Morgan fingerprint density at radius 3 is 2.71 bits per heavy atom. The second kappa shape index (κ2) is 3.07. The molecule has 14 heavy (non-hydrogen) atoms. The molecule has 1 fully saturated rings. The van der Waals surface area contributed by atoms with Crippen molar-refractivity contribution in [1.82, 2.24) is 0 Å². The molecule has 74 valence electrons. The molecule has 2 rings (SSSR count). The minimum absolute atomic E-state index is 0.0597. The van der Waals surface area contributed by atoms with Gasteiger partial charge in [0, 0.05) is 10.4 Å². The Hall–Kier alpha value is -0.870. The molecule has 0 heterocycles. The van der Waals surface area contributed by atoms with Crippen molar-refractivity contribution in [2.45, 2.75) is 17.9 Å². The van der Waals surface area contributed by atoms with Gasteiger partial charge >= 0.3 is 5.97 Å². The van der Waals surface area contributed by atoms with Crippen molar-refractivity contribution in [3.05, 3.63) is 34.3 Å². The number of rotatable bonds is 2. The van der Waals surface area contributed by atoms with Crippen LogP contribution in [0.3, 0.4) is 0 Å². The summed E-state index contributed by atoms with van der Waals surface area (Å²) in [4.78, 5) is 10.8. The van der Waals surface area contributed by atoms with Crippen molar-refractivity contribution >= 4 is 21.9 Å². The Balaban J connectivity index is 2.29. The zero-order valence-electron chi connectivity index (χ0n) is 7.40. The summed E-state index contributed by atoms with van der Waals surface area (Å²) < 4.78 is 0.929. The molecule has 0 amide bonds. The van der Waals surface area contributed by atoms with E-state index in [4.69, 9.17) is 10.8 Å². The van der Waals surface area contributed by atoms with Crippen LogP contribution >= 0.6 is 15.9 Å². The smallest absolute Gasteiger partial charge is 0.324 e. The summed E-state index contributed by atoms with van der Waals surface area (Å²) >= 11 is 3.39. The zero-order chi connectivity index (χ0) is 10.3. The predicted octanol–water partition coefficient (Wildman–Crippen LogP) is 1.72. The Bertz CT molecular complexity index is 393. The van der Waals surface area contributed by atoms with Crippen LogP contribution in [-0.4, -0.2) is 16.6 Å². The number of benzene rings is 1. The van der Waals surface area contributed by atoms with Crippen LogP contribution in [-0.2, 0) is 4.79 Å². The molecule has 1 saturated carbocycles. The Morgan fingerprint density at radius 2 is 2.21 bits per heavy atom. The summed E-state index contributed by atoms with van der Waals surface area (Å²) in [6.07, 6.45) is 0.519. The zero-order valence-corrected chi connectivity index (χ0v) is 8.99. The molecule has 0 radical (unpaired) electrons. The minimum atomic E-state index is -1.05. The van der Waals surface area contributed by atoms with E-state index < -0.39 is 11.5 Å². The average molecular weight is 256 g/mol. The highest BCUT2D eigenvalue weighted by molar-refractivity contribution is 9.10. The van der Waals surface area contributed by atoms with Crippen molar-refractivity contribution in [3.8, 4) is 0 Å². The van der Waals surface area contributed by atoms with E-state index >= 15 is 0 Å². The van der Waals surface area contributed by atoms with Crippen LogP contribution in [0.25, 0.3) is 0 Å². The van der Waals surface area contributed by atoms with Gasteiger partial charge in [0.2, 0.25) is 0 Å². The number of carboxylic acid groups (broad SMARTS) is 1. The minimum Gasteiger partial charge on any atom is -0.480 e. The Kier molecular flexibility index (Phi) is 2.12. The van der Waals surface area contributed by atoms with Gasteiger partial charge in [-0.3, -0.25) is 4.79 Å². The molecular weight excluding hydrogens is 246 g/mol. The third-order valence-electron chi connectivity index (χ3n) is 2.68. The molecule has 1 aliphatic carbocycles. The molecule has 0 spiro atoms. The van der Waals surface area contributed by atoms with Crippen LogP contribution in [0.2, 0.25) is 0 Å². The first-order chi connectivity index (χ1) is 6.55. The van der Waals surface area contributed by atoms with Crippen molar-refractivity contribution < 1.29 is 9.90 Å². The van der Waals surface area contributed by atoms with E-state index in [2.05, 4.69) is 15.9 Å². The molecule has 3 nitrogen and oxygen atoms in total. The number of hydrogen-bond donors (Lipinski definition) is 2. The fraction of sp³-hybridized carbons (Fsp3) is 0.300. The largest absolute Gasteiger partial charge is 0.480 e. The fourth-order valence-corrected chi connectivity index (χ4v) is 2.22. The normalized spacial score (nSPS) is 30.0. The predicted molar refractivity (Wildman–Crippen MR) is 56.1 cm³/mol. The van der Waals surface area contributed by atoms with E-state index in [0.29, 0.717) is 6.42 Å². The Labute approximate surface area is 90.0 Å². The van der Waals surface area contributed by atoms with Gasteiger partial charge in [0.05, 0.1) is 0 Å². The summed E-state index contributed by atoms with van der Waals surface area (Å²) in [5, 5.41) is 8.89. The van der Waals surface area contributed by atoms with Gasteiger partial charge in [-0.1, -0.05) is 34.1 Å². The van der Waals surface area contributed by atoms with Gasteiger partial charge < -0.3 is 10.8 Å². The quantitative estimate of drug-likeness (QED) is 0.846. The molecule has 0 unspecified atom stereocenters. The lowest BCUT2D eigenvalue weighted by molar-refractivity contribution is -0.139. The first-order valence-electron chi connectivity index (χ1n) is 4.32. The number of carboxylic acids is 1. The molecule has 4 heteroatoms. The molecule has 2 atom stereocenters. The maximum atomic E-state index is 10.8. The van der Waals surface area contributed by atoms with Crippen molar-refractivity contribution in [2.24, 2.45) is 5.73 Å². The first-order valence-corrected chi connectivity index (χ1v) is 5.11. The van der Waals surface area contributed by atoms with E-state index in [1.807, 2.05) is 24.3 Å².